The van der Waals surface area contributed by atoms with Crippen molar-refractivity contribution in [3.8, 4) is 0 Å². The molecular formula is C22H24N2O4. The quantitative estimate of drug-likeness (QED) is 0.748. The summed E-state index contributed by atoms with van der Waals surface area (Å²) in [5, 5.41) is 0. The van der Waals surface area contributed by atoms with Crippen LogP contribution in [0, 0.1) is 0 Å². The molecule has 0 saturated carbocycles. The summed E-state index contributed by atoms with van der Waals surface area (Å²) < 4.78 is 5.39. The number of rotatable bonds is 5. The van der Waals surface area contributed by atoms with Crippen molar-refractivity contribution in [1.82, 2.24) is 4.90 Å². The third-order valence-corrected chi connectivity index (χ3v) is 4.87. The van der Waals surface area contributed by atoms with E-state index in [0.29, 0.717) is 18.8 Å². The molecule has 1 fully saturated rings. The van der Waals surface area contributed by atoms with Gasteiger partial charge in [0.25, 0.3) is 11.8 Å². The Morgan fingerprint density at radius 3 is 2.14 bits per heavy atom. The summed E-state index contributed by atoms with van der Waals surface area (Å²) >= 11 is 0. The van der Waals surface area contributed by atoms with Gasteiger partial charge in [-0.1, -0.05) is 30.3 Å². The molecule has 3 rings (SSSR count). The minimum Gasteiger partial charge on any atom is -0.449 e. The lowest BCUT2D eigenvalue weighted by Crippen LogP contribution is -2.38. The van der Waals surface area contributed by atoms with E-state index < -0.39 is 12.1 Å². The fourth-order valence-corrected chi connectivity index (χ4v) is 3.27. The van der Waals surface area contributed by atoms with E-state index in [9.17, 15) is 14.4 Å². The number of likely N-dealkylation sites (tertiary alicyclic amines) is 1. The Morgan fingerprint density at radius 2 is 1.50 bits per heavy atom. The lowest BCUT2D eigenvalue weighted by atomic mass is 10.1. The number of nitrogens with zero attached hydrogens (tertiary/aromatic N) is 2. The highest BCUT2D eigenvalue weighted by atomic mass is 16.5. The van der Waals surface area contributed by atoms with Crippen LogP contribution in [0.25, 0.3) is 0 Å². The molecule has 0 bridgehead atoms. The maximum Gasteiger partial charge on any atom is 0.339 e. The second kappa shape index (κ2) is 8.69. The first kappa shape index (κ1) is 19.6. The molecule has 0 N–H and O–H groups in total. The number of carbonyl (C=O) groups is 3. The van der Waals surface area contributed by atoms with Crippen LogP contribution >= 0.6 is 0 Å². The highest BCUT2D eigenvalue weighted by Crippen LogP contribution is 2.19. The van der Waals surface area contributed by atoms with Gasteiger partial charge in [-0.25, -0.2) is 4.79 Å². The Morgan fingerprint density at radius 1 is 0.929 bits per heavy atom. The first-order valence-electron chi connectivity index (χ1n) is 9.41. The molecule has 0 aliphatic carbocycles. The summed E-state index contributed by atoms with van der Waals surface area (Å²) in [5.41, 5.74) is 1.10. The predicted octanol–water partition coefficient (Wildman–Crippen LogP) is 3.13. The molecule has 6 nitrogen and oxygen atoms in total. The van der Waals surface area contributed by atoms with Crippen LogP contribution in [0.5, 0.6) is 0 Å². The van der Waals surface area contributed by atoms with E-state index in [4.69, 9.17) is 4.74 Å². The topological polar surface area (TPSA) is 66.9 Å². The van der Waals surface area contributed by atoms with Crippen molar-refractivity contribution >= 4 is 23.5 Å². The third-order valence-electron chi connectivity index (χ3n) is 4.87. The smallest absolute Gasteiger partial charge is 0.339 e. The summed E-state index contributed by atoms with van der Waals surface area (Å²) in [6.45, 7) is 2.95. The highest BCUT2D eigenvalue weighted by Gasteiger charge is 2.28. The largest absolute Gasteiger partial charge is 0.449 e. The van der Waals surface area contributed by atoms with Crippen LogP contribution in [0.15, 0.2) is 54.6 Å². The Bertz CT molecular complexity index is 860. The molecule has 1 saturated heterocycles. The van der Waals surface area contributed by atoms with Gasteiger partial charge in [0.05, 0.1) is 11.1 Å². The number of esters is 1. The van der Waals surface area contributed by atoms with Crippen LogP contribution in [0.4, 0.5) is 5.69 Å². The number of benzene rings is 2. The molecule has 6 heteroatoms. The first-order valence-corrected chi connectivity index (χ1v) is 9.41. The number of amides is 2. The average Bonchev–Trinajstić information content (AvgIpc) is 3.27. The zero-order chi connectivity index (χ0) is 20.1. The summed E-state index contributed by atoms with van der Waals surface area (Å²) in [7, 11) is 1.65. The summed E-state index contributed by atoms with van der Waals surface area (Å²) in [4.78, 5) is 41.2. The van der Waals surface area contributed by atoms with Crippen LogP contribution in [0.1, 0.15) is 40.5 Å². The van der Waals surface area contributed by atoms with Crippen LogP contribution in [-0.4, -0.2) is 48.9 Å². The normalized spacial score (nSPS) is 14.4. The molecule has 1 atom stereocenters. The van der Waals surface area contributed by atoms with Gasteiger partial charge in [0, 0.05) is 25.8 Å². The van der Waals surface area contributed by atoms with Crippen molar-refractivity contribution in [3.63, 3.8) is 0 Å². The van der Waals surface area contributed by atoms with Gasteiger partial charge in [0.2, 0.25) is 0 Å². The zero-order valence-corrected chi connectivity index (χ0v) is 16.1. The molecule has 1 aliphatic rings. The van der Waals surface area contributed by atoms with Gasteiger partial charge in [-0.15, -0.1) is 0 Å². The Hall–Kier alpha value is -3.15. The van der Waals surface area contributed by atoms with E-state index >= 15 is 0 Å². The molecular weight excluding hydrogens is 356 g/mol. The average molecular weight is 380 g/mol. The lowest BCUT2D eigenvalue weighted by Gasteiger charge is -2.21. The van der Waals surface area contributed by atoms with Crippen LogP contribution in [-0.2, 0) is 9.53 Å². The summed E-state index contributed by atoms with van der Waals surface area (Å²) in [5.74, 6) is -1.20. The second-order valence-electron chi connectivity index (χ2n) is 6.83. The standard InChI is InChI=1S/C22H24N2O4/c1-16(20(25)24-14-8-9-15-24)28-22(27)19-13-7-6-12-18(19)21(26)23(2)17-10-4-3-5-11-17/h3-7,10-13,16H,8-9,14-15H2,1-2H3. The van der Waals surface area contributed by atoms with Crippen molar-refractivity contribution in [3.05, 3.63) is 65.7 Å². The van der Waals surface area contributed by atoms with Gasteiger partial charge in [0.1, 0.15) is 0 Å². The lowest BCUT2D eigenvalue weighted by molar-refractivity contribution is -0.138. The van der Waals surface area contributed by atoms with Crippen LogP contribution < -0.4 is 4.90 Å². The molecule has 1 aliphatic heterocycles. The fourth-order valence-electron chi connectivity index (χ4n) is 3.27. The molecule has 1 unspecified atom stereocenters. The predicted molar refractivity (Wildman–Crippen MR) is 106 cm³/mol. The third kappa shape index (κ3) is 4.22. The molecule has 2 aromatic carbocycles. The maximum absolute atomic E-state index is 12.9. The number of carbonyl (C=O) groups excluding carboxylic acids is 3. The van der Waals surface area contributed by atoms with Gasteiger partial charge >= 0.3 is 5.97 Å². The van der Waals surface area contributed by atoms with E-state index in [2.05, 4.69) is 0 Å². The number of hydrogen-bond acceptors (Lipinski definition) is 4. The zero-order valence-electron chi connectivity index (χ0n) is 16.1. The second-order valence-corrected chi connectivity index (χ2v) is 6.83. The van der Waals surface area contributed by atoms with Crippen LogP contribution in [0.3, 0.4) is 0 Å². The van der Waals surface area contributed by atoms with Gasteiger partial charge in [-0.3, -0.25) is 9.59 Å². The Kier molecular flexibility index (Phi) is 6.09. The molecule has 0 radical (unpaired) electrons. The van der Waals surface area contributed by atoms with Gasteiger partial charge in [0.15, 0.2) is 6.10 Å². The Labute approximate surface area is 164 Å². The molecule has 2 aromatic rings. The fraction of sp³-hybridized carbons (Fsp3) is 0.318. The number of ether oxygens (including phenoxy) is 1. The Balaban J connectivity index is 1.76. The van der Waals surface area contributed by atoms with Crippen molar-refractivity contribution < 1.29 is 19.1 Å². The molecule has 1 heterocycles. The van der Waals surface area contributed by atoms with E-state index in [0.717, 1.165) is 12.8 Å². The molecule has 28 heavy (non-hydrogen) atoms. The summed E-state index contributed by atoms with van der Waals surface area (Å²) in [6, 6.07) is 15.7. The molecule has 146 valence electrons. The molecule has 2 amide bonds. The molecule has 0 spiro atoms. The van der Waals surface area contributed by atoms with Crippen molar-refractivity contribution in [2.75, 3.05) is 25.0 Å². The van der Waals surface area contributed by atoms with E-state index in [1.165, 1.54) is 4.90 Å². The highest BCUT2D eigenvalue weighted by molar-refractivity contribution is 6.12. The number of para-hydroxylation sites is 1. The van der Waals surface area contributed by atoms with E-state index in [1.54, 1.807) is 43.1 Å². The van der Waals surface area contributed by atoms with Gasteiger partial charge < -0.3 is 14.5 Å². The van der Waals surface area contributed by atoms with E-state index in [-0.39, 0.29) is 22.9 Å². The van der Waals surface area contributed by atoms with Crippen molar-refractivity contribution in [2.24, 2.45) is 0 Å². The van der Waals surface area contributed by atoms with Gasteiger partial charge in [-0.05, 0) is 44.0 Å². The SMILES string of the molecule is CC(OC(=O)c1ccccc1C(=O)N(C)c1ccccc1)C(=O)N1CCCC1. The minimum absolute atomic E-state index is 0.149. The maximum atomic E-state index is 12.9. The van der Waals surface area contributed by atoms with E-state index in [1.807, 2.05) is 30.3 Å². The number of hydrogen-bond donors (Lipinski definition) is 0. The van der Waals surface area contributed by atoms with Gasteiger partial charge in [-0.2, -0.15) is 0 Å². The number of anilines is 1. The summed E-state index contributed by atoms with van der Waals surface area (Å²) in [6.07, 6.45) is 1.05. The van der Waals surface area contributed by atoms with Crippen molar-refractivity contribution in [1.29, 1.82) is 0 Å². The van der Waals surface area contributed by atoms with Crippen LogP contribution in [0.2, 0.25) is 0 Å². The molecule has 0 aromatic heterocycles. The van der Waals surface area contributed by atoms with Crippen molar-refractivity contribution in [2.45, 2.75) is 25.9 Å². The monoisotopic (exact) mass is 380 g/mol. The minimum atomic E-state index is -0.888. The first-order chi connectivity index (χ1) is 13.5.